The van der Waals surface area contributed by atoms with Gasteiger partial charge in [0.15, 0.2) is 14.4 Å². The summed E-state index contributed by atoms with van der Waals surface area (Å²) in [5, 5.41) is -0.0134. The summed E-state index contributed by atoms with van der Waals surface area (Å²) in [6, 6.07) is 8.68. The van der Waals surface area contributed by atoms with Crippen molar-refractivity contribution in [2.24, 2.45) is 0 Å². The number of carbonyl (C=O) groups excluding carboxylic acids is 2. The van der Waals surface area contributed by atoms with Gasteiger partial charge in [-0.15, -0.1) is 0 Å². The van der Waals surface area contributed by atoms with Crippen molar-refractivity contribution in [1.82, 2.24) is 0 Å². The van der Waals surface area contributed by atoms with Crippen molar-refractivity contribution in [3.05, 3.63) is 35.9 Å². The van der Waals surface area contributed by atoms with Gasteiger partial charge in [-0.25, -0.2) is 4.79 Å². The fraction of sp³-hybridized carbons (Fsp3) is 0.579. The molecule has 1 aliphatic rings. The fourth-order valence-electron chi connectivity index (χ4n) is 2.37. The largest absolute Gasteiger partial charge is 0.449 e. The van der Waals surface area contributed by atoms with Crippen molar-refractivity contribution in [2.45, 2.75) is 64.3 Å². The Morgan fingerprint density at radius 2 is 1.73 bits per heavy atom. The van der Waals surface area contributed by atoms with Crippen LogP contribution in [0.15, 0.2) is 30.3 Å². The molecule has 0 N–H and O–H groups in total. The summed E-state index contributed by atoms with van der Waals surface area (Å²) in [6.45, 7) is 12.1. The van der Waals surface area contributed by atoms with Crippen molar-refractivity contribution in [3.8, 4) is 0 Å². The molecule has 1 fully saturated rings. The number of rotatable bonds is 5. The SMILES string of the molecule is CC(=O)OC1OC[C@@H](O[Si](C)(C)C(C)(C)C)[C@H]1OC(=O)c1ccccc1. The molecule has 144 valence electrons. The molecule has 0 aliphatic carbocycles. The van der Waals surface area contributed by atoms with E-state index >= 15 is 0 Å². The zero-order chi connectivity index (χ0) is 19.5. The quantitative estimate of drug-likeness (QED) is 0.575. The molecule has 1 unspecified atom stereocenters. The Morgan fingerprint density at radius 1 is 1.12 bits per heavy atom. The molecule has 1 saturated heterocycles. The molecule has 1 aromatic carbocycles. The Morgan fingerprint density at radius 3 is 2.27 bits per heavy atom. The number of hydrogen-bond donors (Lipinski definition) is 0. The van der Waals surface area contributed by atoms with Gasteiger partial charge < -0.3 is 18.6 Å². The number of carbonyl (C=O) groups is 2. The first kappa shape index (κ1) is 20.6. The molecule has 0 bridgehead atoms. The molecule has 1 aromatic rings. The second kappa shape index (κ2) is 7.90. The lowest BCUT2D eigenvalue weighted by molar-refractivity contribution is -0.180. The first-order chi connectivity index (χ1) is 12.0. The highest BCUT2D eigenvalue weighted by atomic mass is 28.4. The molecule has 6 nitrogen and oxygen atoms in total. The van der Waals surface area contributed by atoms with Crippen LogP contribution in [0.1, 0.15) is 38.1 Å². The average Bonchev–Trinajstić information content (AvgIpc) is 2.88. The Bertz CT molecular complexity index is 637. The maximum absolute atomic E-state index is 12.5. The van der Waals surface area contributed by atoms with E-state index in [1.165, 1.54) is 6.92 Å². The van der Waals surface area contributed by atoms with Gasteiger partial charge in [0.1, 0.15) is 6.10 Å². The zero-order valence-corrected chi connectivity index (χ0v) is 17.3. The minimum absolute atomic E-state index is 0.0134. The van der Waals surface area contributed by atoms with Gasteiger partial charge in [0.25, 0.3) is 0 Å². The van der Waals surface area contributed by atoms with Crippen molar-refractivity contribution in [2.75, 3.05) is 6.61 Å². The van der Waals surface area contributed by atoms with Crippen LogP contribution in [-0.2, 0) is 23.4 Å². The molecule has 1 heterocycles. The van der Waals surface area contributed by atoms with Crippen LogP contribution in [0.3, 0.4) is 0 Å². The lowest BCUT2D eigenvalue weighted by atomic mass is 10.2. The molecule has 7 heteroatoms. The van der Waals surface area contributed by atoms with E-state index in [-0.39, 0.29) is 11.6 Å². The topological polar surface area (TPSA) is 71.1 Å². The van der Waals surface area contributed by atoms with Crippen LogP contribution in [-0.4, -0.2) is 45.4 Å². The van der Waals surface area contributed by atoms with E-state index in [9.17, 15) is 9.59 Å². The van der Waals surface area contributed by atoms with Crippen molar-refractivity contribution in [1.29, 1.82) is 0 Å². The van der Waals surface area contributed by atoms with Crippen molar-refractivity contribution >= 4 is 20.3 Å². The van der Waals surface area contributed by atoms with E-state index in [2.05, 4.69) is 33.9 Å². The van der Waals surface area contributed by atoms with Crippen LogP contribution in [0.4, 0.5) is 0 Å². The number of esters is 2. The van der Waals surface area contributed by atoms with Gasteiger partial charge in [0.2, 0.25) is 6.29 Å². The average molecular weight is 381 g/mol. The molecule has 0 saturated carbocycles. The number of ether oxygens (including phenoxy) is 3. The summed E-state index contributed by atoms with van der Waals surface area (Å²) in [5.74, 6) is -0.995. The van der Waals surface area contributed by atoms with Crippen LogP contribution in [0.2, 0.25) is 18.1 Å². The van der Waals surface area contributed by atoms with E-state index in [1.54, 1.807) is 24.3 Å². The van der Waals surface area contributed by atoms with Gasteiger partial charge in [-0.2, -0.15) is 0 Å². The molecular weight excluding hydrogens is 352 g/mol. The third-order valence-electron chi connectivity index (χ3n) is 4.85. The molecule has 0 aromatic heterocycles. The van der Waals surface area contributed by atoms with Crippen LogP contribution < -0.4 is 0 Å². The Balaban J connectivity index is 2.19. The van der Waals surface area contributed by atoms with Gasteiger partial charge >= 0.3 is 11.9 Å². The van der Waals surface area contributed by atoms with Gasteiger partial charge in [0, 0.05) is 6.92 Å². The number of hydrogen-bond acceptors (Lipinski definition) is 6. The minimum Gasteiger partial charge on any atom is -0.449 e. The van der Waals surface area contributed by atoms with E-state index in [1.807, 2.05) is 6.07 Å². The highest BCUT2D eigenvalue weighted by molar-refractivity contribution is 6.74. The molecule has 1 aliphatic heterocycles. The van der Waals surface area contributed by atoms with E-state index in [0.717, 1.165) is 0 Å². The summed E-state index contributed by atoms with van der Waals surface area (Å²) < 4.78 is 22.8. The highest BCUT2D eigenvalue weighted by Gasteiger charge is 2.48. The molecule has 2 rings (SSSR count). The van der Waals surface area contributed by atoms with E-state index in [0.29, 0.717) is 5.56 Å². The van der Waals surface area contributed by atoms with Crippen molar-refractivity contribution < 1.29 is 28.2 Å². The van der Waals surface area contributed by atoms with Crippen LogP contribution >= 0.6 is 0 Å². The second-order valence-corrected chi connectivity index (χ2v) is 12.7. The Labute approximate surface area is 155 Å². The summed E-state index contributed by atoms with van der Waals surface area (Å²) >= 11 is 0. The normalized spacial score (nSPS) is 23.5. The summed E-state index contributed by atoms with van der Waals surface area (Å²) in [7, 11) is -2.12. The van der Waals surface area contributed by atoms with Gasteiger partial charge in [-0.05, 0) is 30.3 Å². The molecule has 3 atom stereocenters. The maximum Gasteiger partial charge on any atom is 0.338 e. The highest BCUT2D eigenvalue weighted by Crippen LogP contribution is 2.39. The summed E-state index contributed by atoms with van der Waals surface area (Å²) in [6.07, 6.45) is -2.25. The maximum atomic E-state index is 12.5. The van der Waals surface area contributed by atoms with Gasteiger partial charge in [0.05, 0.1) is 12.2 Å². The summed E-state index contributed by atoms with van der Waals surface area (Å²) in [5.41, 5.74) is 0.423. The molecule has 0 spiro atoms. The van der Waals surface area contributed by atoms with Crippen LogP contribution in [0.25, 0.3) is 0 Å². The van der Waals surface area contributed by atoms with Gasteiger partial charge in [-0.1, -0.05) is 39.0 Å². The molecule has 0 amide bonds. The smallest absolute Gasteiger partial charge is 0.338 e. The van der Waals surface area contributed by atoms with Crippen LogP contribution in [0.5, 0.6) is 0 Å². The second-order valence-electron chi connectivity index (χ2n) is 7.96. The molecular formula is C19H28O6Si. The molecule has 26 heavy (non-hydrogen) atoms. The third-order valence-corrected chi connectivity index (χ3v) is 9.35. The lowest BCUT2D eigenvalue weighted by Gasteiger charge is -2.39. The van der Waals surface area contributed by atoms with Crippen molar-refractivity contribution in [3.63, 3.8) is 0 Å². The first-order valence-electron chi connectivity index (χ1n) is 8.74. The first-order valence-corrected chi connectivity index (χ1v) is 11.6. The standard InChI is InChI=1S/C19H28O6Si/c1-13(20)23-18-16(24-17(21)14-10-8-7-9-11-14)15(12-22-18)25-26(5,6)19(2,3)4/h7-11,15-16,18H,12H2,1-6H3/t15-,16-,18?/m1/s1. The lowest BCUT2D eigenvalue weighted by Crippen LogP contribution is -2.49. The van der Waals surface area contributed by atoms with Crippen LogP contribution in [0, 0.1) is 0 Å². The van der Waals surface area contributed by atoms with E-state index < -0.39 is 38.8 Å². The minimum atomic E-state index is -2.12. The molecule has 0 radical (unpaired) electrons. The predicted octanol–water partition coefficient (Wildman–Crippen LogP) is 3.52. The van der Waals surface area contributed by atoms with E-state index in [4.69, 9.17) is 18.6 Å². The number of benzene rings is 1. The summed E-state index contributed by atoms with van der Waals surface area (Å²) in [4.78, 5) is 23.9. The van der Waals surface area contributed by atoms with Gasteiger partial charge in [-0.3, -0.25) is 4.79 Å². The predicted molar refractivity (Wildman–Crippen MR) is 99.2 cm³/mol. The fourth-order valence-corrected chi connectivity index (χ4v) is 3.69. The zero-order valence-electron chi connectivity index (χ0n) is 16.3. The Kier molecular flexibility index (Phi) is 6.26. The monoisotopic (exact) mass is 380 g/mol. The third kappa shape index (κ3) is 4.93. The Hall–Kier alpha value is -1.70.